The van der Waals surface area contributed by atoms with Gasteiger partial charge in [0, 0.05) is 12.2 Å². The number of carbonyl (C=O) groups excluding carboxylic acids is 2. The number of hydroxylamine groups is 2. The van der Waals surface area contributed by atoms with Crippen molar-refractivity contribution in [2.75, 3.05) is 13.1 Å². The van der Waals surface area contributed by atoms with Crippen molar-refractivity contribution in [1.29, 1.82) is 0 Å². The molecule has 1 aromatic heterocycles. The highest BCUT2D eigenvalue weighted by Crippen LogP contribution is 2.33. The van der Waals surface area contributed by atoms with Crippen molar-refractivity contribution in [3.63, 3.8) is 0 Å². The van der Waals surface area contributed by atoms with E-state index in [4.69, 9.17) is 28.0 Å². The number of carbonyl (C=O) groups is 2. The lowest BCUT2D eigenvalue weighted by Crippen LogP contribution is -2.34. The summed E-state index contributed by atoms with van der Waals surface area (Å²) >= 11 is 12.3. The standard InChI is InChI=1S/C17H14Cl2N4O3/c1-11-4-2-7-14(20-11)16(25)26-23-9-8-22(10-24)17(23)21-15-12(18)5-3-6-13(15)19/h2-7,10H,8-9H2,1H3. The van der Waals surface area contributed by atoms with Gasteiger partial charge in [-0.05, 0) is 31.2 Å². The number of aryl methyl sites for hydroxylation is 1. The molecule has 0 N–H and O–H groups in total. The number of hydrogen-bond donors (Lipinski definition) is 0. The second-order valence-corrected chi connectivity index (χ2v) is 6.24. The van der Waals surface area contributed by atoms with Gasteiger partial charge in [-0.15, -0.1) is 0 Å². The van der Waals surface area contributed by atoms with Gasteiger partial charge in [0.25, 0.3) is 0 Å². The molecule has 1 aliphatic heterocycles. The summed E-state index contributed by atoms with van der Waals surface area (Å²) in [5.74, 6) is -0.532. The van der Waals surface area contributed by atoms with Crippen molar-refractivity contribution >= 4 is 47.2 Å². The summed E-state index contributed by atoms with van der Waals surface area (Å²) in [5.41, 5.74) is 1.13. The fourth-order valence-corrected chi connectivity index (χ4v) is 2.83. The summed E-state index contributed by atoms with van der Waals surface area (Å²) in [7, 11) is 0. The van der Waals surface area contributed by atoms with E-state index in [1.807, 2.05) is 0 Å². The molecule has 134 valence electrons. The van der Waals surface area contributed by atoms with Crippen LogP contribution in [0.5, 0.6) is 0 Å². The van der Waals surface area contributed by atoms with E-state index < -0.39 is 5.97 Å². The highest BCUT2D eigenvalue weighted by molar-refractivity contribution is 6.38. The molecule has 26 heavy (non-hydrogen) atoms. The molecule has 0 spiro atoms. The number of guanidine groups is 1. The number of pyridine rings is 1. The molecule has 1 aromatic carbocycles. The van der Waals surface area contributed by atoms with Crippen LogP contribution in [0.2, 0.25) is 10.0 Å². The predicted molar refractivity (Wildman–Crippen MR) is 97.4 cm³/mol. The number of amides is 1. The molecule has 7 nitrogen and oxygen atoms in total. The lowest BCUT2D eigenvalue weighted by atomic mass is 10.3. The Hall–Kier alpha value is -2.64. The number of benzene rings is 1. The SMILES string of the molecule is Cc1cccc(C(=O)ON2CCN(C=O)C2=Nc2c(Cl)cccc2Cl)n1. The lowest BCUT2D eigenvalue weighted by molar-refractivity contribution is -0.114. The van der Waals surface area contributed by atoms with Crippen LogP contribution in [0.4, 0.5) is 5.69 Å². The predicted octanol–water partition coefficient (Wildman–Crippen LogP) is 3.23. The van der Waals surface area contributed by atoms with Gasteiger partial charge >= 0.3 is 5.97 Å². The minimum absolute atomic E-state index is 0.121. The first-order chi connectivity index (χ1) is 12.5. The second kappa shape index (κ2) is 7.72. The zero-order chi connectivity index (χ0) is 18.7. The van der Waals surface area contributed by atoms with Gasteiger partial charge in [-0.3, -0.25) is 9.69 Å². The first-order valence-corrected chi connectivity index (χ1v) is 8.43. The third-order valence-corrected chi connectivity index (χ3v) is 4.20. The Morgan fingerprint density at radius 3 is 2.54 bits per heavy atom. The van der Waals surface area contributed by atoms with E-state index in [2.05, 4.69) is 9.98 Å². The molecule has 0 saturated carbocycles. The highest BCUT2D eigenvalue weighted by atomic mass is 35.5. The molecule has 0 aliphatic carbocycles. The topological polar surface area (TPSA) is 75.1 Å². The van der Waals surface area contributed by atoms with E-state index in [0.717, 1.165) is 0 Å². The van der Waals surface area contributed by atoms with Gasteiger partial charge in [-0.2, -0.15) is 5.06 Å². The number of nitrogens with zero attached hydrogens (tertiary/aromatic N) is 4. The molecular formula is C17H14Cl2N4O3. The summed E-state index contributed by atoms with van der Waals surface area (Å²) in [5, 5.41) is 1.85. The van der Waals surface area contributed by atoms with E-state index in [0.29, 0.717) is 28.7 Å². The van der Waals surface area contributed by atoms with E-state index in [9.17, 15) is 9.59 Å². The van der Waals surface area contributed by atoms with Crippen molar-refractivity contribution < 1.29 is 14.4 Å². The Morgan fingerprint density at radius 2 is 1.88 bits per heavy atom. The molecule has 2 aromatic rings. The molecule has 1 saturated heterocycles. The van der Waals surface area contributed by atoms with Crippen LogP contribution in [0.1, 0.15) is 16.2 Å². The largest absolute Gasteiger partial charge is 0.381 e. The minimum Gasteiger partial charge on any atom is -0.331 e. The third-order valence-electron chi connectivity index (χ3n) is 3.59. The number of aromatic nitrogens is 1. The number of para-hydroxylation sites is 1. The summed E-state index contributed by atoms with van der Waals surface area (Å²) in [6.45, 7) is 2.34. The smallest absolute Gasteiger partial charge is 0.331 e. The Bertz CT molecular complexity index is 868. The van der Waals surface area contributed by atoms with Crippen LogP contribution in [0, 0.1) is 6.92 Å². The maximum absolute atomic E-state index is 12.3. The van der Waals surface area contributed by atoms with Crippen LogP contribution >= 0.6 is 23.2 Å². The molecule has 2 heterocycles. The van der Waals surface area contributed by atoms with E-state index in [1.165, 1.54) is 9.96 Å². The van der Waals surface area contributed by atoms with Gasteiger partial charge < -0.3 is 4.84 Å². The average Bonchev–Trinajstić information content (AvgIpc) is 2.99. The van der Waals surface area contributed by atoms with E-state index in [-0.39, 0.29) is 23.9 Å². The highest BCUT2D eigenvalue weighted by Gasteiger charge is 2.31. The minimum atomic E-state index is -0.653. The maximum atomic E-state index is 12.3. The Labute approximate surface area is 159 Å². The Morgan fingerprint density at radius 1 is 1.19 bits per heavy atom. The van der Waals surface area contributed by atoms with Crippen molar-refractivity contribution in [2.24, 2.45) is 4.99 Å². The quantitative estimate of drug-likeness (QED) is 0.746. The molecule has 0 radical (unpaired) electrons. The molecular weight excluding hydrogens is 379 g/mol. The Kier molecular flexibility index (Phi) is 5.39. The zero-order valence-corrected chi connectivity index (χ0v) is 15.2. The number of aliphatic imine (C=N–C) groups is 1. The lowest BCUT2D eigenvalue weighted by Gasteiger charge is -2.18. The number of halogens is 2. The normalized spacial score (nSPS) is 15.4. The van der Waals surface area contributed by atoms with E-state index in [1.54, 1.807) is 43.3 Å². The monoisotopic (exact) mass is 392 g/mol. The first-order valence-electron chi connectivity index (χ1n) is 7.67. The van der Waals surface area contributed by atoms with Crippen LogP contribution in [0.3, 0.4) is 0 Å². The van der Waals surface area contributed by atoms with Crippen molar-refractivity contribution in [2.45, 2.75) is 6.92 Å². The molecule has 1 fully saturated rings. The molecule has 1 amide bonds. The maximum Gasteiger partial charge on any atom is 0.381 e. The summed E-state index contributed by atoms with van der Waals surface area (Å²) in [6, 6.07) is 9.96. The molecule has 1 aliphatic rings. The second-order valence-electron chi connectivity index (χ2n) is 5.43. The summed E-state index contributed by atoms with van der Waals surface area (Å²) in [6.07, 6.45) is 0.600. The first kappa shape index (κ1) is 18.2. The van der Waals surface area contributed by atoms with Gasteiger partial charge in [0.05, 0.1) is 16.6 Å². The van der Waals surface area contributed by atoms with Gasteiger partial charge in [-0.25, -0.2) is 14.8 Å². The third kappa shape index (κ3) is 3.79. The van der Waals surface area contributed by atoms with Crippen LogP contribution < -0.4 is 0 Å². The van der Waals surface area contributed by atoms with Crippen molar-refractivity contribution in [1.82, 2.24) is 14.9 Å². The summed E-state index contributed by atoms with van der Waals surface area (Å²) in [4.78, 5) is 38.8. The number of hydrogen-bond acceptors (Lipinski definition) is 5. The molecule has 0 bridgehead atoms. The van der Waals surface area contributed by atoms with Gasteiger partial charge in [-0.1, -0.05) is 35.3 Å². The fraction of sp³-hybridized carbons (Fsp3) is 0.176. The van der Waals surface area contributed by atoms with Crippen LogP contribution in [0.15, 0.2) is 41.4 Å². The zero-order valence-electron chi connectivity index (χ0n) is 13.7. The Balaban J connectivity index is 1.90. The van der Waals surface area contributed by atoms with Crippen LogP contribution in [-0.2, 0) is 9.63 Å². The number of rotatable bonds is 4. The average molecular weight is 393 g/mol. The molecule has 0 unspecified atom stereocenters. The fourth-order valence-electron chi connectivity index (χ4n) is 2.35. The van der Waals surface area contributed by atoms with Crippen molar-refractivity contribution in [3.8, 4) is 0 Å². The van der Waals surface area contributed by atoms with Crippen molar-refractivity contribution in [3.05, 3.63) is 57.8 Å². The summed E-state index contributed by atoms with van der Waals surface area (Å²) < 4.78 is 0. The molecule has 9 heteroatoms. The molecule has 3 rings (SSSR count). The van der Waals surface area contributed by atoms with Crippen LogP contribution in [-0.4, -0.2) is 46.4 Å². The van der Waals surface area contributed by atoms with Crippen LogP contribution in [0.25, 0.3) is 0 Å². The van der Waals surface area contributed by atoms with Gasteiger partial charge in [0.2, 0.25) is 12.4 Å². The van der Waals surface area contributed by atoms with Gasteiger partial charge in [0.1, 0.15) is 5.69 Å². The molecule has 0 atom stereocenters. The van der Waals surface area contributed by atoms with E-state index >= 15 is 0 Å². The van der Waals surface area contributed by atoms with Gasteiger partial charge in [0.15, 0.2) is 5.69 Å².